The van der Waals surface area contributed by atoms with Crippen LogP contribution in [0.3, 0.4) is 0 Å². The smallest absolute Gasteiger partial charge is 0.164 e. The van der Waals surface area contributed by atoms with Crippen LogP contribution < -0.4 is 0 Å². The summed E-state index contributed by atoms with van der Waals surface area (Å²) < 4.78 is 0. The van der Waals surface area contributed by atoms with Crippen LogP contribution in [0, 0.1) is 5.92 Å². The van der Waals surface area contributed by atoms with Crippen molar-refractivity contribution in [2.24, 2.45) is 11.0 Å². The number of rotatable bonds is 8. The Bertz CT molecular complexity index is 514. The van der Waals surface area contributed by atoms with Gasteiger partial charge in [-0.3, -0.25) is 9.80 Å². The van der Waals surface area contributed by atoms with Gasteiger partial charge in [-0.2, -0.15) is 5.10 Å². The summed E-state index contributed by atoms with van der Waals surface area (Å²) in [5, 5.41) is 16.5. The fourth-order valence-electron chi connectivity index (χ4n) is 2.72. The highest BCUT2D eigenvalue weighted by atomic mass is 16.3. The summed E-state index contributed by atoms with van der Waals surface area (Å²) in [6.45, 7) is 5.12. The minimum absolute atomic E-state index is 0.0646. The molecule has 0 spiro atoms. The van der Waals surface area contributed by atoms with Gasteiger partial charge in [-0.1, -0.05) is 30.3 Å². The molecule has 23 heavy (non-hydrogen) atoms. The monoisotopic (exact) mass is 316 g/mol. The van der Waals surface area contributed by atoms with Gasteiger partial charge in [-0.05, 0) is 45.1 Å². The highest BCUT2D eigenvalue weighted by Crippen LogP contribution is 2.17. The van der Waals surface area contributed by atoms with E-state index >= 15 is 0 Å². The molecule has 1 aliphatic rings. The van der Waals surface area contributed by atoms with E-state index in [1.165, 1.54) is 18.4 Å². The Balaban J connectivity index is 1.96. The quantitative estimate of drug-likeness (QED) is 0.750. The van der Waals surface area contributed by atoms with Crippen molar-refractivity contribution in [2.75, 3.05) is 13.1 Å². The molecule has 126 valence electrons. The van der Waals surface area contributed by atoms with Crippen molar-refractivity contribution in [2.45, 2.75) is 51.6 Å². The number of Topliss-reactive ketones (excluding diaryl/α,β-unsaturated/α-hetero) is 1. The Morgan fingerprint density at radius 1 is 1.30 bits per heavy atom. The minimum atomic E-state index is -1.27. The molecule has 1 aromatic carbocycles. The van der Waals surface area contributed by atoms with Gasteiger partial charge < -0.3 is 5.11 Å². The Morgan fingerprint density at radius 2 is 1.96 bits per heavy atom. The second-order valence-corrected chi connectivity index (χ2v) is 6.90. The predicted molar refractivity (Wildman–Crippen MR) is 93.5 cm³/mol. The van der Waals surface area contributed by atoms with E-state index in [1.54, 1.807) is 13.8 Å². The van der Waals surface area contributed by atoms with E-state index in [4.69, 9.17) is 0 Å². The van der Waals surface area contributed by atoms with Gasteiger partial charge in [0.05, 0.1) is 0 Å². The Morgan fingerprint density at radius 3 is 2.57 bits per heavy atom. The first kappa shape index (κ1) is 17.7. The molecule has 1 atom stereocenters. The van der Waals surface area contributed by atoms with E-state index in [-0.39, 0.29) is 11.7 Å². The molecule has 4 heteroatoms. The number of carbonyl (C=O) groups excluding carboxylic acids is 1. The summed E-state index contributed by atoms with van der Waals surface area (Å²) in [7, 11) is 0. The zero-order valence-corrected chi connectivity index (χ0v) is 14.2. The summed E-state index contributed by atoms with van der Waals surface area (Å²) in [6, 6.07) is 10.3. The first-order valence-electron chi connectivity index (χ1n) is 8.54. The molecule has 0 bridgehead atoms. The van der Waals surface area contributed by atoms with Crippen molar-refractivity contribution < 1.29 is 9.90 Å². The number of aryl methyl sites for hydroxylation is 1. The molecule has 4 nitrogen and oxygen atoms in total. The fourth-order valence-corrected chi connectivity index (χ4v) is 2.72. The number of benzene rings is 1. The molecule has 2 rings (SSSR count). The molecular weight excluding hydrogens is 288 g/mol. The van der Waals surface area contributed by atoms with Crippen molar-refractivity contribution in [1.29, 1.82) is 0 Å². The lowest BCUT2D eigenvalue weighted by molar-refractivity contribution is -0.134. The third-order valence-corrected chi connectivity index (χ3v) is 4.30. The standard InChI is InChI=1S/C19H28N2O2/c1-19(2,23)18(22)14-17(15-20-21-12-6-7-13-21)11-10-16-8-4-3-5-9-16/h3-5,8-9,15,17,23H,6-7,10-14H2,1-2H3/b20-15+/t17-/m0/s1. The van der Waals surface area contributed by atoms with Crippen LogP contribution in [0.4, 0.5) is 0 Å². The van der Waals surface area contributed by atoms with Gasteiger partial charge >= 0.3 is 0 Å². The largest absolute Gasteiger partial charge is 0.383 e. The van der Waals surface area contributed by atoms with Gasteiger partial charge in [0.2, 0.25) is 0 Å². The Labute approximate surface area is 139 Å². The molecule has 1 aliphatic heterocycles. The lowest BCUT2D eigenvalue weighted by Gasteiger charge is -2.20. The maximum atomic E-state index is 12.2. The molecular formula is C19H28N2O2. The molecule has 0 aromatic heterocycles. The van der Waals surface area contributed by atoms with Crippen LogP contribution >= 0.6 is 0 Å². The SMILES string of the molecule is CC(C)(O)C(=O)C[C@@H](/C=N/N1CCCC1)CCc1ccccc1. The zero-order chi connectivity index (χ0) is 16.7. The molecule has 1 heterocycles. The highest BCUT2D eigenvalue weighted by molar-refractivity contribution is 5.88. The number of hydrogen-bond acceptors (Lipinski definition) is 4. The summed E-state index contributed by atoms with van der Waals surface area (Å²) in [5.74, 6) is -0.0573. The van der Waals surface area contributed by atoms with Gasteiger partial charge in [0.15, 0.2) is 5.78 Å². The van der Waals surface area contributed by atoms with Gasteiger partial charge in [0.1, 0.15) is 5.60 Å². The molecule has 0 radical (unpaired) electrons. The van der Waals surface area contributed by atoms with E-state index in [0.29, 0.717) is 6.42 Å². The van der Waals surface area contributed by atoms with Crippen LogP contribution in [0.2, 0.25) is 0 Å². The topological polar surface area (TPSA) is 52.9 Å². The molecule has 1 saturated heterocycles. The number of ketones is 1. The van der Waals surface area contributed by atoms with Crippen LogP contribution in [0.1, 0.15) is 45.1 Å². The second-order valence-electron chi connectivity index (χ2n) is 6.90. The van der Waals surface area contributed by atoms with E-state index in [9.17, 15) is 9.90 Å². The first-order chi connectivity index (χ1) is 10.9. The van der Waals surface area contributed by atoms with Crippen LogP contribution in [0.15, 0.2) is 35.4 Å². The number of hydrogen-bond donors (Lipinski definition) is 1. The summed E-state index contributed by atoms with van der Waals surface area (Å²) in [5.41, 5.74) is -0.00488. The van der Waals surface area contributed by atoms with Crippen LogP contribution in [0.5, 0.6) is 0 Å². The summed E-state index contributed by atoms with van der Waals surface area (Å²) in [6.07, 6.45) is 6.41. The van der Waals surface area contributed by atoms with Crippen molar-refractivity contribution >= 4 is 12.0 Å². The Hall–Kier alpha value is -1.68. The molecule has 0 saturated carbocycles. The van der Waals surface area contributed by atoms with Gasteiger partial charge in [0, 0.05) is 31.6 Å². The molecule has 1 aromatic rings. The van der Waals surface area contributed by atoms with Gasteiger partial charge in [-0.15, -0.1) is 0 Å². The minimum Gasteiger partial charge on any atom is -0.383 e. The fraction of sp³-hybridized carbons (Fsp3) is 0.579. The second kappa shape index (κ2) is 8.25. The average molecular weight is 316 g/mol. The third-order valence-electron chi connectivity index (χ3n) is 4.30. The first-order valence-corrected chi connectivity index (χ1v) is 8.54. The molecule has 0 unspecified atom stereocenters. The molecule has 1 fully saturated rings. The molecule has 0 amide bonds. The number of carbonyl (C=O) groups is 1. The van der Waals surface area contributed by atoms with Gasteiger partial charge in [-0.25, -0.2) is 0 Å². The van der Waals surface area contributed by atoms with Gasteiger partial charge in [0.25, 0.3) is 0 Å². The molecule has 1 N–H and O–H groups in total. The average Bonchev–Trinajstić information content (AvgIpc) is 3.03. The Kier molecular flexibility index (Phi) is 6.34. The van der Waals surface area contributed by atoms with E-state index in [0.717, 1.165) is 25.9 Å². The van der Waals surface area contributed by atoms with Crippen LogP contribution in [0.25, 0.3) is 0 Å². The van der Waals surface area contributed by atoms with Crippen molar-refractivity contribution in [3.63, 3.8) is 0 Å². The summed E-state index contributed by atoms with van der Waals surface area (Å²) >= 11 is 0. The molecule has 0 aliphatic carbocycles. The zero-order valence-electron chi connectivity index (χ0n) is 14.2. The van der Waals surface area contributed by atoms with Crippen molar-refractivity contribution in [3.05, 3.63) is 35.9 Å². The normalized spacial score (nSPS) is 16.9. The predicted octanol–water partition coefficient (Wildman–Crippen LogP) is 3.05. The number of aliphatic hydroxyl groups is 1. The number of hydrazone groups is 1. The van der Waals surface area contributed by atoms with Crippen molar-refractivity contribution in [3.8, 4) is 0 Å². The summed E-state index contributed by atoms with van der Waals surface area (Å²) in [4.78, 5) is 12.2. The maximum Gasteiger partial charge on any atom is 0.164 e. The maximum absolute atomic E-state index is 12.2. The van der Waals surface area contributed by atoms with E-state index in [1.807, 2.05) is 24.4 Å². The highest BCUT2D eigenvalue weighted by Gasteiger charge is 2.26. The number of nitrogens with zero attached hydrogens (tertiary/aromatic N) is 2. The van der Waals surface area contributed by atoms with Crippen molar-refractivity contribution in [1.82, 2.24) is 5.01 Å². The lowest BCUT2D eigenvalue weighted by atomic mass is 9.90. The lowest BCUT2D eigenvalue weighted by Crippen LogP contribution is -2.33. The van der Waals surface area contributed by atoms with E-state index < -0.39 is 5.60 Å². The van der Waals surface area contributed by atoms with Crippen LogP contribution in [-0.2, 0) is 11.2 Å². The third kappa shape index (κ3) is 6.14. The van der Waals surface area contributed by atoms with Crippen LogP contribution in [-0.4, -0.2) is 40.8 Å². The van der Waals surface area contributed by atoms with E-state index in [2.05, 4.69) is 22.2 Å².